The van der Waals surface area contributed by atoms with Crippen molar-refractivity contribution in [3.63, 3.8) is 0 Å². The topological polar surface area (TPSA) is 47.8 Å². The molecule has 0 atom stereocenters. The smallest absolute Gasteiger partial charge is 0.280 e. The van der Waals surface area contributed by atoms with Crippen molar-refractivity contribution < 1.29 is 0 Å². The van der Waals surface area contributed by atoms with E-state index in [1.54, 1.807) is 0 Å². The Morgan fingerprint density at radius 2 is 2.30 bits per heavy atom. The van der Waals surface area contributed by atoms with Crippen LogP contribution in [0.25, 0.3) is 0 Å². The summed E-state index contributed by atoms with van der Waals surface area (Å²) in [7, 11) is 0. The number of aromatic nitrogens is 3. The zero-order chi connectivity index (χ0) is 7.56. The summed E-state index contributed by atoms with van der Waals surface area (Å²) in [6, 6.07) is 0.133. The summed E-state index contributed by atoms with van der Waals surface area (Å²) < 4.78 is 1.47. The van der Waals surface area contributed by atoms with Gasteiger partial charge in [-0.05, 0) is 13.8 Å². The summed E-state index contributed by atoms with van der Waals surface area (Å²) in [5.41, 5.74) is -0.245. The number of rotatable bonds is 1. The van der Waals surface area contributed by atoms with Crippen LogP contribution in [0.4, 0.5) is 0 Å². The lowest BCUT2D eigenvalue weighted by atomic mass is 10.4. The summed E-state index contributed by atoms with van der Waals surface area (Å²) in [5, 5.41) is 0. The van der Waals surface area contributed by atoms with E-state index < -0.39 is 0 Å². The molecule has 0 radical (unpaired) electrons. The van der Waals surface area contributed by atoms with E-state index in [-0.39, 0.29) is 11.7 Å². The molecule has 1 aromatic rings. The fraction of sp³-hybridized carbons (Fsp3) is 0.500. The van der Waals surface area contributed by atoms with Crippen LogP contribution in [0.1, 0.15) is 19.9 Å². The highest BCUT2D eigenvalue weighted by Gasteiger charge is 1.97. The van der Waals surface area contributed by atoms with Gasteiger partial charge < -0.3 is 0 Å². The van der Waals surface area contributed by atoms with E-state index in [4.69, 9.17) is 0 Å². The van der Waals surface area contributed by atoms with Crippen LogP contribution < -0.4 is 5.69 Å². The molecule has 0 aliphatic rings. The van der Waals surface area contributed by atoms with Gasteiger partial charge in [-0.1, -0.05) is 0 Å². The Labute approximate surface area is 58.6 Å². The Bertz CT molecular complexity index is 266. The third-order valence-corrected chi connectivity index (χ3v) is 1.20. The van der Waals surface area contributed by atoms with Gasteiger partial charge in [0.15, 0.2) is 0 Å². The third kappa shape index (κ3) is 1.21. The molecule has 0 aliphatic carbocycles. The maximum atomic E-state index is 10.9. The lowest BCUT2D eigenvalue weighted by molar-refractivity contribution is 0.550. The van der Waals surface area contributed by atoms with Crippen molar-refractivity contribution in [3.8, 4) is 0 Å². The maximum absolute atomic E-state index is 10.9. The second-order valence-corrected chi connectivity index (χ2v) is 2.29. The molecule has 0 aromatic carbocycles. The van der Waals surface area contributed by atoms with Gasteiger partial charge in [-0.15, -0.1) is 0 Å². The molecule has 54 valence electrons. The Kier molecular flexibility index (Phi) is 1.80. The van der Waals surface area contributed by atoms with Gasteiger partial charge in [0.1, 0.15) is 12.7 Å². The minimum atomic E-state index is -0.245. The lowest BCUT2D eigenvalue weighted by Gasteiger charge is -2.04. The van der Waals surface area contributed by atoms with Gasteiger partial charge in [-0.2, -0.15) is 4.98 Å². The molecular formula is C6H9N3O. The molecule has 0 amide bonds. The van der Waals surface area contributed by atoms with E-state index in [0.29, 0.717) is 0 Å². The fourth-order valence-corrected chi connectivity index (χ4v) is 0.655. The van der Waals surface area contributed by atoms with Gasteiger partial charge in [0.25, 0.3) is 0 Å². The van der Waals surface area contributed by atoms with Crippen molar-refractivity contribution in [2.24, 2.45) is 0 Å². The monoisotopic (exact) mass is 139 g/mol. The van der Waals surface area contributed by atoms with E-state index >= 15 is 0 Å². The zero-order valence-electron chi connectivity index (χ0n) is 5.98. The van der Waals surface area contributed by atoms with Crippen molar-refractivity contribution in [2.75, 3.05) is 0 Å². The first-order chi connectivity index (χ1) is 4.72. The Hall–Kier alpha value is -1.19. The predicted octanol–water partition coefficient (Wildman–Crippen LogP) is 0.219. The highest BCUT2D eigenvalue weighted by Crippen LogP contribution is 1.94. The second-order valence-electron chi connectivity index (χ2n) is 2.29. The summed E-state index contributed by atoms with van der Waals surface area (Å²) in [5.74, 6) is 0. The molecule has 1 rings (SSSR count). The van der Waals surface area contributed by atoms with Crippen molar-refractivity contribution in [1.82, 2.24) is 14.5 Å². The minimum Gasteiger partial charge on any atom is -0.280 e. The van der Waals surface area contributed by atoms with E-state index in [1.807, 2.05) is 13.8 Å². The Morgan fingerprint density at radius 1 is 1.60 bits per heavy atom. The number of hydrogen-bond donors (Lipinski definition) is 0. The van der Waals surface area contributed by atoms with Gasteiger partial charge in [-0.25, -0.2) is 9.78 Å². The summed E-state index contributed by atoms with van der Waals surface area (Å²) in [6.45, 7) is 3.82. The van der Waals surface area contributed by atoms with Crippen molar-refractivity contribution in [3.05, 3.63) is 23.1 Å². The highest BCUT2D eigenvalue weighted by molar-refractivity contribution is 4.68. The molecule has 1 heterocycles. The van der Waals surface area contributed by atoms with Crippen LogP contribution >= 0.6 is 0 Å². The van der Waals surface area contributed by atoms with Crippen LogP contribution in [0.15, 0.2) is 17.4 Å². The van der Waals surface area contributed by atoms with Crippen LogP contribution in [-0.2, 0) is 0 Å². The molecule has 0 unspecified atom stereocenters. The van der Waals surface area contributed by atoms with E-state index in [1.165, 1.54) is 17.2 Å². The first-order valence-corrected chi connectivity index (χ1v) is 3.10. The largest absolute Gasteiger partial charge is 0.350 e. The van der Waals surface area contributed by atoms with Crippen LogP contribution in [0.5, 0.6) is 0 Å². The molecule has 0 N–H and O–H groups in total. The summed E-state index contributed by atoms with van der Waals surface area (Å²) in [4.78, 5) is 18.1. The van der Waals surface area contributed by atoms with Crippen molar-refractivity contribution in [1.29, 1.82) is 0 Å². The molecular weight excluding hydrogens is 130 g/mol. The van der Waals surface area contributed by atoms with Gasteiger partial charge in [0, 0.05) is 6.04 Å². The van der Waals surface area contributed by atoms with Crippen LogP contribution in [-0.4, -0.2) is 14.5 Å². The van der Waals surface area contributed by atoms with Crippen molar-refractivity contribution in [2.45, 2.75) is 19.9 Å². The first-order valence-electron chi connectivity index (χ1n) is 3.10. The third-order valence-electron chi connectivity index (χ3n) is 1.20. The van der Waals surface area contributed by atoms with E-state index in [2.05, 4.69) is 9.97 Å². The zero-order valence-corrected chi connectivity index (χ0v) is 5.98. The minimum absolute atomic E-state index is 0.133. The molecule has 0 fully saturated rings. The van der Waals surface area contributed by atoms with Gasteiger partial charge in [0.2, 0.25) is 0 Å². The lowest BCUT2D eigenvalue weighted by Crippen LogP contribution is -2.23. The van der Waals surface area contributed by atoms with E-state index in [0.717, 1.165) is 0 Å². The maximum Gasteiger partial charge on any atom is 0.350 e. The predicted molar refractivity (Wildman–Crippen MR) is 36.7 cm³/mol. The van der Waals surface area contributed by atoms with Gasteiger partial charge in [-0.3, -0.25) is 4.57 Å². The van der Waals surface area contributed by atoms with Gasteiger partial charge >= 0.3 is 5.69 Å². The SMILES string of the molecule is CC(C)n1cncnc1=O. The molecule has 1 aromatic heterocycles. The average molecular weight is 139 g/mol. The Morgan fingerprint density at radius 3 is 2.70 bits per heavy atom. The second kappa shape index (κ2) is 2.60. The summed E-state index contributed by atoms with van der Waals surface area (Å²) >= 11 is 0. The van der Waals surface area contributed by atoms with Crippen LogP contribution in [0.2, 0.25) is 0 Å². The highest BCUT2D eigenvalue weighted by atomic mass is 16.1. The molecule has 4 heteroatoms. The van der Waals surface area contributed by atoms with Crippen LogP contribution in [0, 0.1) is 0 Å². The number of nitrogens with zero attached hydrogens (tertiary/aromatic N) is 3. The average Bonchev–Trinajstić information content (AvgIpc) is 1.88. The number of hydrogen-bond acceptors (Lipinski definition) is 3. The molecule has 0 spiro atoms. The van der Waals surface area contributed by atoms with E-state index in [9.17, 15) is 4.79 Å². The summed E-state index contributed by atoms with van der Waals surface area (Å²) in [6.07, 6.45) is 2.74. The molecule has 0 saturated heterocycles. The molecule has 0 saturated carbocycles. The molecule has 10 heavy (non-hydrogen) atoms. The quantitative estimate of drug-likeness (QED) is 0.559. The normalized spacial score (nSPS) is 10.3. The van der Waals surface area contributed by atoms with Crippen LogP contribution in [0.3, 0.4) is 0 Å². The molecule has 0 bridgehead atoms. The fourth-order valence-electron chi connectivity index (χ4n) is 0.655. The molecule has 4 nitrogen and oxygen atoms in total. The van der Waals surface area contributed by atoms with Gasteiger partial charge in [0.05, 0.1) is 0 Å². The first kappa shape index (κ1) is 6.92. The standard InChI is InChI=1S/C6H9N3O/c1-5(2)9-4-7-3-8-6(9)10/h3-5H,1-2H3. The Balaban J connectivity index is 3.16. The molecule has 0 aliphatic heterocycles. The van der Waals surface area contributed by atoms with Crippen molar-refractivity contribution >= 4 is 0 Å².